The average Bonchev–Trinajstić information content (AvgIpc) is 2.20. The first-order chi connectivity index (χ1) is 6.75. The maximum absolute atomic E-state index is 4.33. The molecule has 2 heterocycles. The summed E-state index contributed by atoms with van der Waals surface area (Å²) in [6.45, 7) is 3.95. The molecular weight excluding hydrogens is 449 g/mol. The van der Waals surface area contributed by atoms with Crippen molar-refractivity contribution in [3.63, 3.8) is 0 Å². The van der Waals surface area contributed by atoms with Crippen molar-refractivity contribution in [1.82, 2.24) is 9.97 Å². The number of aromatic nitrogens is 2. The third kappa shape index (κ3) is 4.74. The second-order valence-corrected chi connectivity index (χ2v) is 2.95. The van der Waals surface area contributed by atoms with E-state index in [9.17, 15) is 0 Å². The maximum Gasteiger partial charge on any atom is -0.358 e. The molecule has 0 saturated carbocycles. The van der Waals surface area contributed by atoms with E-state index < -0.39 is 0 Å². The van der Waals surface area contributed by atoms with Crippen LogP contribution in [0.2, 0.25) is 0 Å². The van der Waals surface area contributed by atoms with Crippen LogP contribution in [0.5, 0.6) is 0 Å². The predicted octanol–water partition coefficient (Wildman–Crippen LogP) is 3.99. The molecule has 0 saturated heterocycles. The van der Waals surface area contributed by atoms with E-state index >= 15 is 0 Å². The van der Waals surface area contributed by atoms with Crippen molar-refractivity contribution < 1.29 is 18.9 Å². The van der Waals surface area contributed by atoms with Crippen LogP contribution in [0.25, 0.3) is 11.0 Å². The van der Waals surface area contributed by atoms with Gasteiger partial charge in [0.1, 0.15) is 0 Å². The Morgan fingerprint density at radius 1 is 0.875 bits per heavy atom. The van der Waals surface area contributed by atoms with Gasteiger partial charge in [-0.15, -0.1) is 0 Å². The van der Waals surface area contributed by atoms with Gasteiger partial charge in [0.2, 0.25) is 0 Å². The van der Waals surface area contributed by atoms with Crippen LogP contribution in [0.4, 0.5) is 0 Å². The monoisotopic (exact) mass is 464 g/mol. The van der Waals surface area contributed by atoms with Gasteiger partial charge in [0.15, 0.2) is 5.65 Å². The van der Waals surface area contributed by atoms with Crippen LogP contribution >= 0.6 is 13.0 Å². The van der Waals surface area contributed by atoms with Gasteiger partial charge in [0, 0.05) is 16.8 Å². The van der Waals surface area contributed by atoms with Gasteiger partial charge in [-0.1, -0.05) is 0 Å². The van der Waals surface area contributed by atoms with Gasteiger partial charge in [-0.2, -0.15) is 0 Å². The van der Waals surface area contributed by atoms with Gasteiger partial charge in [-0.3, -0.25) is 0 Å². The zero-order valence-electron chi connectivity index (χ0n) is 9.88. The Labute approximate surface area is 117 Å². The van der Waals surface area contributed by atoms with Gasteiger partial charge in [0.25, 0.3) is 0 Å². The summed E-state index contributed by atoms with van der Waals surface area (Å²) in [5, 5.41) is 1.10. The fourth-order valence-electron chi connectivity index (χ4n) is 1.19. The van der Waals surface area contributed by atoms with Crippen LogP contribution in [0.15, 0.2) is 24.3 Å². The summed E-state index contributed by atoms with van der Waals surface area (Å²) < 4.78 is 0. The molecule has 0 aliphatic rings. The minimum Gasteiger partial charge on any atom is -0.358 e. The van der Waals surface area contributed by atoms with Gasteiger partial charge in [-0.05, 0) is 38.1 Å². The van der Waals surface area contributed by atoms with Crippen LogP contribution in [-0.2, 0) is 18.9 Å². The van der Waals surface area contributed by atoms with E-state index in [4.69, 9.17) is 0 Å². The summed E-state index contributed by atoms with van der Waals surface area (Å²) >= 11 is 4.97. The van der Waals surface area contributed by atoms with Crippen molar-refractivity contribution in [1.29, 1.82) is 0 Å². The molecule has 2 aromatic rings. The Balaban J connectivity index is 0. The van der Waals surface area contributed by atoms with Crippen molar-refractivity contribution in [3.8, 4) is 0 Å². The van der Waals surface area contributed by atoms with E-state index in [-0.39, 0.29) is 14.9 Å². The van der Waals surface area contributed by atoms with Gasteiger partial charge < -0.3 is 14.9 Å². The molecule has 2 aromatic heterocycles. The van der Waals surface area contributed by atoms with Crippen molar-refractivity contribution in [2.24, 2.45) is 0 Å². The Kier molecular flexibility index (Phi) is 10.1. The van der Waals surface area contributed by atoms with Crippen LogP contribution in [0.1, 0.15) is 11.4 Å². The molecule has 0 aliphatic carbocycles. The maximum atomic E-state index is 4.33. The molecule has 0 spiro atoms. The van der Waals surface area contributed by atoms with E-state index in [1.165, 1.54) is 0 Å². The number of hydrogen-bond donors (Lipinski definition) is 0. The van der Waals surface area contributed by atoms with Crippen molar-refractivity contribution in [2.45, 2.75) is 13.8 Å². The molecule has 0 amide bonds. The smallest absolute Gasteiger partial charge is 0.358 e. The molecule has 0 bridgehead atoms. The molecule has 2 rings (SSSR count). The fraction of sp³-hybridized carbons (Fsp3) is 0.167. The molecular formula is C12H16AuBrN2-2. The Morgan fingerprint density at radius 2 is 1.25 bits per heavy atom. The van der Waals surface area contributed by atoms with Crippen LogP contribution in [0, 0.1) is 28.7 Å². The van der Waals surface area contributed by atoms with E-state index in [1.54, 1.807) is 0 Å². The summed E-state index contributed by atoms with van der Waals surface area (Å²) in [5.41, 5.74) is 2.87. The van der Waals surface area contributed by atoms with Gasteiger partial charge in [0.05, 0.1) is 0 Å². The molecule has 0 unspecified atom stereocenters. The molecule has 0 atom stereocenters. The van der Waals surface area contributed by atoms with E-state index in [0.717, 1.165) is 22.4 Å². The van der Waals surface area contributed by atoms with Gasteiger partial charge in [-0.25, -0.2) is 9.97 Å². The second kappa shape index (κ2) is 8.88. The molecule has 0 radical (unpaired) electrons. The summed E-state index contributed by atoms with van der Waals surface area (Å²) in [6.07, 6.45) is 0. The van der Waals surface area contributed by atoms with Crippen molar-refractivity contribution in [2.75, 3.05) is 0 Å². The minimum absolute atomic E-state index is 0. The van der Waals surface area contributed by atoms with Gasteiger partial charge >= 0.3 is 32.0 Å². The summed E-state index contributed by atoms with van der Waals surface area (Å²) in [5.74, 6) is 0. The number of pyridine rings is 2. The molecule has 2 nitrogen and oxygen atoms in total. The molecule has 94 valence electrons. The van der Waals surface area contributed by atoms with E-state index in [0.29, 0.717) is 0 Å². The summed E-state index contributed by atoms with van der Waals surface area (Å²) in [7, 11) is 0. The van der Waals surface area contributed by atoms with E-state index in [2.05, 4.69) is 41.9 Å². The zero-order chi connectivity index (χ0) is 10.6. The molecule has 0 N–H and O–H groups in total. The Bertz CT molecular complexity index is 396. The normalized spacial score (nSPS) is 8.31. The third-order valence-corrected chi connectivity index (χ3v) is 1.83. The van der Waals surface area contributed by atoms with E-state index in [1.807, 2.05) is 38.1 Å². The molecule has 0 fully saturated rings. The SMILES string of the molecule is Cc1ccc2ccc(C)nc2n1.[Br][Au].[CH3-].[CH3-]. The number of rotatable bonds is 0. The number of fused-ring (bicyclic) bond motifs is 1. The Hall–Kier alpha value is -0.220. The summed E-state index contributed by atoms with van der Waals surface area (Å²) in [6, 6.07) is 8.09. The predicted molar refractivity (Wildman–Crippen MR) is 70.8 cm³/mol. The largest absolute Gasteiger partial charge is 0.358 e. The number of halogens is 1. The number of aryl methyl sites for hydroxylation is 2. The first-order valence-corrected chi connectivity index (χ1v) is 8.81. The number of nitrogens with zero attached hydrogens (tertiary/aromatic N) is 2. The molecule has 16 heavy (non-hydrogen) atoms. The molecule has 0 aromatic carbocycles. The zero-order valence-corrected chi connectivity index (χ0v) is 13.6. The standard InChI is InChI=1S/C10H10N2.2CH3.Au.BrH/c1-7-3-5-9-6-4-8(2)12-10(9)11-7;;;;/h3-6H,1-2H3;2*1H3;;1H/q;2*-1;+1;/p-1. The number of hydrogen-bond acceptors (Lipinski definition) is 2. The average molecular weight is 465 g/mol. The molecule has 0 aliphatic heterocycles. The third-order valence-electron chi connectivity index (χ3n) is 1.83. The van der Waals surface area contributed by atoms with Crippen LogP contribution in [-0.4, -0.2) is 9.97 Å². The second-order valence-electron chi connectivity index (χ2n) is 2.95. The van der Waals surface area contributed by atoms with Crippen LogP contribution < -0.4 is 0 Å². The first-order valence-electron chi connectivity index (χ1n) is 4.08. The molecule has 4 heteroatoms. The van der Waals surface area contributed by atoms with Crippen LogP contribution in [0.3, 0.4) is 0 Å². The first kappa shape index (κ1) is 18.2. The fourth-order valence-corrected chi connectivity index (χ4v) is 1.19. The topological polar surface area (TPSA) is 25.8 Å². The quantitative estimate of drug-likeness (QED) is 0.435. The summed E-state index contributed by atoms with van der Waals surface area (Å²) in [4.78, 5) is 8.65. The minimum atomic E-state index is 0. The van der Waals surface area contributed by atoms with Crippen molar-refractivity contribution in [3.05, 3.63) is 50.5 Å². The Morgan fingerprint density at radius 3 is 1.62 bits per heavy atom. The van der Waals surface area contributed by atoms with Crippen molar-refractivity contribution >= 4 is 24.1 Å².